The Balaban J connectivity index is 1.83. The first kappa shape index (κ1) is 15.3. The SMILES string of the molecule is CN1CCN(C(=O)c2cccc(I)c2)c2nc3ccccc3nc21. The molecule has 1 aromatic heterocycles. The molecule has 2 aromatic carbocycles. The summed E-state index contributed by atoms with van der Waals surface area (Å²) in [7, 11) is 1.98. The van der Waals surface area contributed by atoms with E-state index in [0.717, 1.165) is 27.0 Å². The van der Waals surface area contributed by atoms with Crippen molar-refractivity contribution < 1.29 is 4.79 Å². The number of amides is 1. The number of halogens is 1. The molecule has 120 valence electrons. The fourth-order valence-electron chi connectivity index (χ4n) is 2.86. The molecule has 2 heterocycles. The van der Waals surface area contributed by atoms with Crippen molar-refractivity contribution in [3.8, 4) is 0 Å². The van der Waals surface area contributed by atoms with Crippen molar-refractivity contribution >= 4 is 51.2 Å². The first-order valence-electron chi connectivity index (χ1n) is 7.69. The van der Waals surface area contributed by atoms with Crippen LogP contribution in [0.3, 0.4) is 0 Å². The quantitative estimate of drug-likeness (QED) is 0.556. The number of benzene rings is 2. The molecule has 24 heavy (non-hydrogen) atoms. The molecular formula is C18H15IN4O. The Kier molecular flexibility index (Phi) is 3.84. The van der Waals surface area contributed by atoms with Gasteiger partial charge < -0.3 is 4.90 Å². The summed E-state index contributed by atoms with van der Waals surface area (Å²) in [6.07, 6.45) is 0. The third-order valence-corrected chi connectivity index (χ3v) is 4.80. The number of anilines is 2. The largest absolute Gasteiger partial charge is 0.355 e. The summed E-state index contributed by atoms with van der Waals surface area (Å²) in [5.74, 6) is 1.35. The minimum absolute atomic E-state index is 0.0348. The predicted octanol–water partition coefficient (Wildman–Crippen LogP) is 3.33. The highest BCUT2D eigenvalue weighted by Crippen LogP contribution is 2.31. The second kappa shape index (κ2) is 6.01. The van der Waals surface area contributed by atoms with Gasteiger partial charge in [0.15, 0.2) is 11.6 Å². The van der Waals surface area contributed by atoms with Gasteiger partial charge >= 0.3 is 0 Å². The van der Waals surface area contributed by atoms with Crippen LogP contribution in [0.25, 0.3) is 11.0 Å². The van der Waals surface area contributed by atoms with Crippen LogP contribution in [0.5, 0.6) is 0 Å². The Morgan fingerprint density at radius 1 is 1.00 bits per heavy atom. The van der Waals surface area contributed by atoms with E-state index in [1.165, 1.54) is 0 Å². The van der Waals surface area contributed by atoms with Crippen LogP contribution in [-0.4, -0.2) is 36.0 Å². The van der Waals surface area contributed by atoms with Gasteiger partial charge in [-0.2, -0.15) is 0 Å². The van der Waals surface area contributed by atoms with Crippen LogP contribution in [0.1, 0.15) is 10.4 Å². The third-order valence-electron chi connectivity index (χ3n) is 4.13. The maximum absolute atomic E-state index is 13.0. The molecule has 0 radical (unpaired) electrons. The lowest BCUT2D eigenvalue weighted by molar-refractivity contribution is 0.0986. The van der Waals surface area contributed by atoms with Crippen molar-refractivity contribution in [1.82, 2.24) is 9.97 Å². The summed E-state index contributed by atoms with van der Waals surface area (Å²) < 4.78 is 1.04. The highest BCUT2D eigenvalue weighted by atomic mass is 127. The van der Waals surface area contributed by atoms with Gasteiger partial charge in [0, 0.05) is 29.3 Å². The first-order valence-corrected chi connectivity index (χ1v) is 8.77. The average molecular weight is 430 g/mol. The molecule has 0 saturated heterocycles. The van der Waals surface area contributed by atoms with Crippen molar-refractivity contribution in [2.45, 2.75) is 0 Å². The van der Waals surface area contributed by atoms with Crippen LogP contribution < -0.4 is 9.80 Å². The Bertz CT molecular complexity index is 943. The van der Waals surface area contributed by atoms with Crippen LogP contribution in [0, 0.1) is 3.57 Å². The number of rotatable bonds is 1. The molecule has 0 N–H and O–H groups in total. The minimum Gasteiger partial charge on any atom is -0.355 e. The van der Waals surface area contributed by atoms with Crippen molar-refractivity contribution in [3.05, 3.63) is 57.7 Å². The monoisotopic (exact) mass is 430 g/mol. The second-order valence-corrected chi connectivity index (χ2v) is 6.99. The summed E-state index contributed by atoms with van der Waals surface area (Å²) in [4.78, 5) is 26.2. The lowest BCUT2D eigenvalue weighted by Crippen LogP contribution is -2.43. The average Bonchev–Trinajstić information content (AvgIpc) is 2.60. The lowest BCUT2D eigenvalue weighted by atomic mass is 10.2. The molecule has 1 aliphatic heterocycles. The summed E-state index contributed by atoms with van der Waals surface area (Å²) in [6, 6.07) is 15.4. The topological polar surface area (TPSA) is 49.3 Å². The van der Waals surface area contributed by atoms with E-state index in [4.69, 9.17) is 9.97 Å². The zero-order chi connectivity index (χ0) is 16.7. The zero-order valence-electron chi connectivity index (χ0n) is 13.1. The molecule has 0 atom stereocenters. The summed E-state index contributed by atoms with van der Waals surface area (Å²) in [6.45, 7) is 1.33. The van der Waals surface area contributed by atoms with Crippen LogP contribution >= 0.6 is 22.6 Å². The molecule has 1 aliphatic rings. The first-order chi connectivity index (χ1) is 11.6. The number of likely N-dealkylation sites (N-methyl/N-ethyl adjacent to an activating group) is 1. The Morgan fingerprint density at radius 2 is 1.71 bits per heavy atom. The van der Waals surface area contributed by atoms with E-state index in [1.54, 1.807) is 4.90 Å². The molecule has 0 aliphatic carbocycles. The van der Waals surface area contributed by atoms with Gasteiger partial charge in [0.1, 0.15) is 0 Å². The van der Waals surface area contributed by atoms with Gasteiger partial charge in [0.2, 0.25) is 0 Å². The van der Waals surface area contributed by atoms with E-state index in [1.807, 2.05) is 60.5 Å². The maximum atomic E-state index is 13.0. The highest BCUT2D eigenvalue weighted by Gasteiger charge is 2.29. The van der Waals surface area contributed by atoms with Crippen molar-refractivity contribution in [1.29, 1.82) is 0 Å². The molecule has 5 nitrogen and oxygen atoms in total. The molecule has 3 aromatic rings. The smallest absolute Gasteiger partial charge is 0.259 e. The number of hydrogen-bond donors (Lipinski definition) is 0. The van der Waals surface area contributed by atoms with Crippen LogP contribution in [0.2, 0.25) is 0 Å². The van der Waals surface area contributed by atoms with Crippen LogP contribution in [-0.2, 0) is 0 Å². The second-order valence-electron chi connectivity index (χ2n) is 5.75. The van der Waals surface area contributed by atoms with E-state index in [0.29, 0.717) is 17.9 Å². The molecule has 0 unspecified atom stereocenters. The number of carbonyl (C=O) groups is 1. The van der Waals surface area contributed by atoms with Crippen LogP contribution in [0.4, 0.5) is 11.6 Å². The van der Waals surface area contributed by atoms with Gasteiger partial charge in [0.05, 0.1) is 11.0 Å². The minimum atomic E-state index is -0.0348. The van der Waals surface area contributed by atoms with Gasteiger partial charge in [-0.15, -0.1) is 0 Å². The van der Waals surface area contributed by atoms with E-state index in [2.05, 4.69) is 22.6 Å². The number of nitrogens with zero attached hydrogens (tertiary/aromatic N) is 4. The Morgan fingerprint density at radius 3 is 2.42 bits per heavy atom. The van der Waals surface area contributed by atoms with E-state index in [9.17, 15) is 4.79 Å². The van der Waals surface area contributed by atoms with Gasteiger partial charge in [-0.3, -0.25) is 9.69 Å². The van der Waals surface area contributed by atoms with Crippen LogP contribution in [0.15, 0.2) is 48.5 Å². The summed E-state index contributed by atoms with van der Waals surface area (Å²) in [5.41, 5.74) is 2.31. The number of fused-ring (bicyclic) bond motifs is 2. The standard InChI is InChI=1S/C18H15IN4O/c1-22-9-10-23(18(24)12-5-4-6-13(19)11-12)17-16(22)20-14-7-2-3-8-15(14)21-17/h2-8,11H,9-10H2,1H3. The molecule has 4 rings (SSSR count). The molecule has 1 amide bonds. The Labute approximate surface area is 153 Å². The summed E-state index contributed by atoms with van der Waals surface area (Å²) in [5, 5.41) is 0. The molecular weight excluding hydrogens is 415 g/mol. The van der Waals surface area contributed by atoms with Gasteiger partial charge in [-0.05, 0) is 52.9 Å². The van der Waals surface area contributed by atoms with E-state index >= 15 is 0 Å². The fraction of sp³-hybridized carbons (Fsp3) is 0.167. The molecule has 6 heteroatoms. The van der Waals surface area contributed by atoms with E-state index < -0.39 is 0 Å². The molecule has 0 saturated carbocycles. The number of carbonyl (C=O) groups excluding carboxylic acids is 1. The highest BCUT2D eigenvalue weighted by molar-refractivity contribution is 14.1. The Hall–Kier alpha value is -2.22. The predicted molar refractivity (Wildman–Crippen MR) is 104 cm³/mol. The zero-order valence-corrected chi connectivity index (χ0v) is 15.3. The molecule has 0 bridgehead atoms. The fourth-order valence-corrected chi connectivity index (χ4v) is 3.40. The van der Waals surface area contributed by atoms with Gasteiger partial charge in [-0.1, -0.05) is 18.2 Å². The van der Waals surface area contributed by atoms with Crippen molar-refractivity contribution in [2.75, 3.05) is 29.9 Å². The van der Waals surface area contributed by atoms with Crippen molar-refractivity contribution in [3.63, 3.8) is 0 Å². The number of hydrogen-bond acceptors (Lipinski definition) is 4. The number of aromatic nitrogens is 2. The van der Waals surface area contributed by atoms with E-state index in [-0.39, 0.29) is 5.91 Å². The third kappa shape index (κ3) is 2.60. The van der Waals surface area contributed by atoms with Gasteiger partial charge in [0.25, 0.3) is 5.91 Å². The maximum Gasteiger partial charge on any atom is 0.259 e. The number of para-hydroxylation sites is 2. The lowest BCUT2D eigenvalue weighted by Gasteiger charge is -2.33. The normalized spacial score (nSPS) is 13.9. The summed E-state index contributed by atoms with van der Waals surface area (Å²) >= 11 is 2.22. The molecule has 0 spiro atoms. The van der Waals surface area contributed by atoms with Gasteiger partial charge in [-0.25, -0.2) is 9.97 Å². The van der Waals surface area contributed by atoms with Crippen molar-refractivity contribution in [2.24, 2.45) is 0 Å². The molecule has 0 fully saturated rings.